The van der Waals surface area contributed by atoms with Crippen molar-refractivity contribution in [1.29, 1.82) is 0 Å². The Bertz CT molecular complexity index is 543. The lowest BCUT2D eigenvalue weighted by atomic mass is 10.2. The third-order valence-electron chi connectivity index (χ3n) is 2.96. The van der Waals surface area contributed by atoms with E-state index in [2.05, 4.69) is 10.4 Å². The Balaban J connectivity index is 1.96. The summed E-state index contributed by atoms with van der Waals surface area (Å²) in [7, 11) is 3.61. The number of aromatic nitrogens is 2. The summed E-state index contributed by atoms with van der Waals surface area (Å²) in [6, 6.07) is 11.5. The summed E-state index contributed by atoms with van der Waals surface area (Å²) in [6.45, 7) is 2.51. The van der Waals surface area contributed by atoms with E-state index in [9.17, 15) is 4.79 Å². The van der Waals surface area contributed by atoms with Gasteiger partial charge in [-0.2, -0.15) is 5.10 Å². The molecule has 100 valence electrons. The molecular weight excluding hydrogens is 240 g/mol. The summed E-state index contributed by atoms with van der Waals surface area (Å²) >= 11 is 0. The molecule has 0 spiro atoms. The molecule has 0 atom stereocenters. The topological polar surface area (TPSA) is 50.2 Å². The highest BCUT2D eigenvalue weighted by Crippen LogP contribution is 2.09. The molecule has 0 unspecified atom stereocenters. The van der Waals surface area contributed by atoms with Crippen LogP contribution < -0.4 is 5.32 Å². The van der Waals surface area contributed by atoms with E-state index in [0.29, 0.717) is 12.4 Å². The molecule has 0 aliphatic carbocycles. The molecule has 1 heterocycles. The fourth-order valence-corrected chi connectivity index (χ4v) is 1.76. The maximum Gasteiger partial charge on any atom is 0.323 e. The van der Waals surface area contributed by atoms with Crippen molar-refractivity contribution in [2.24, 2.45) is 7.05 Å². The van der Waals surface area contributed by atoms with Gasteiger partial charge in [0.15, 0.2) is 5.82 Å². The molecular formula is C14H18N4O. The van der Waals surface area contributed by atoms with Gasteiger partial charge in [0.1, 0.15) is 0 Å². The van der Waals surface area contributed by atoms with Gasteiger partial charge >= 0.3 is 6.03 Å². The van der Waals surface area contributed by atoms with Crippen molar-refractivity contribution in [1.82, 2.24) is 14.7 Å². The lowest BCUT2D eigenvalue weighted by Gasteiger charge is -2.17. The highest BCUT2D eigenvalue weighted by Gasteiger charge is 2.11. The lowest BCUT2D eigenvalue weighted by molar-refractivity contribution is 0.220. The van der Waals surface area contributed by atoms with E-state index in [4.69, 9.17) is 0 Å². The summed E-state index contributed by atoms with van der Waals surface area (Å²) in [4.78, 5) is 13.6. The highest BCUT2D eigenvalue weighted by molar-refractivity contribution is 5.88. The Kier molecular flexibility index (Phi) is 3.85. The van der Waals surface area contributed by atoms with Crippen LogP contribution in [0.25, 0.3) is 0 Å². The number of rotatable bonds is 3. The average molecular weight is 258 g/mol. The number of aryl methyl sites for hydroxylation is 2. The van der Waals surface area contributed by atoms with Crippen LogP contribution in [0.4, 0.5) is 10.6 Å². The molecule has 1 N–H and O–H groups in total. The normalized spacial score (nSPS) is 10.3. The van der Waals surface area contributed by atoms with E-state index in [-0.39, 0.29) is 6.03 Å². The minimum atomic E-state index is -0.165. The Morgan fingerprint density at radius 3 is 2.63 bits per heavy atom. The summed E-state index contributed by atoms with van der Waals surface area (Å²) in [5.41, 5.74) is 2.10. The number of hydrogen-bond acceptors (Lipinski definition) is 2. The van der Waals surface area contributed by atoms with Gasteiger partial charge in [0.25, 0.3) is 0 Å². The predicted octanol–water partition coefficient (Wildman–Crippen LogP) is 2.39. The molecule has 5 heteroatoms. The molecule has 0 aliphatic heterocycles. The first-order valence-corrected chi connectivity index (χ1v) is 6.13. The zero-order valence-corrected chi connectivity index (χ0v) is 11.4. The van der Waals surface area contributed by atoms with Gasteiger partial charge in [-0.1, -0.05) is 30.3 Å². The zero-order valence-electron chi connectivity index (χ0n) is 11.4. The Labute approximate surface area is 112 Å². The van der Waals surface area contributed by atoms with Gasteiger partial charge in [0, 0.05) is 32.4 Å². The van der Waals surface area contributed by atoms with E-state index in [1.54, 1.807) is 16.6 Å². The molecule has 0 aliphatic rings. The summed E-state index contributed by atoms with van der Waals surface area (Å²) in [6.07, 6.45) is 0. The van der Waals surface area contributed by atoms with E-state index in [1.165, 1.54) is 0 Å². The molecule has 5 nitrogen and oxygen atoms in total. The van der Waals surface area contributed by atoms with Crippen LogP contribution in [0.5, 0.6) is 0 Å². The molecule has 0 saturated heterocycles. The fraction of sp³-hybridized carbons (Fsp3) is 0.286. The van der Waals surface area contributed by atoms with Crippen LogP contribution >= 0.6 is 0 Å². The van der Waals surface area contributed by atoms with E-state index < -0.39 is 0 Å². The Morgan fingerprint density at radius 2 is 2.05 bits per heavy atom. The number of carbonyl (C=O) groups excluding carboxylic acids is 1. The van der Waals surface area contributed by atoms with Crippen LogP contribution in [-0.4, -0.2) is 27.8 Å². The maximum absolute atomic E-state index is 12.0. The number of hydrogen-bond donors (Lipinski definition) is 1. The second-order valence-electron chi connectivity index (χ2n) is 4.57. The standard InChI is InChI=1S/C14H18N4O/c1-11-9-13(16-18(11)3)15-14(19)17(2)10-12-7-5-4-6-8-12/h4-9H,10H2,1-3H3,(H,15,16,19). The van der Waals surface area contributed by atoms with Gasteiger partial charge in [0.2, 0.25) is 0 Å². The van der Waals surface area contributed by atoms with E-state index in [1.807, 2.05) is 50.4 Å². The summed E-state index contributed by atoms with van der Waals surface area (Å²) in [5, 5.41) is 6.98. The SMILES string of the molecule is Cc1cc(NC(=O)N(C)Cc2ccccc2)nn1C. The highest BCUT2D eigenvalue weighted by atomic mass is 16.2. The van der Waals surface area contributed by atoms with Gasteiger partial charge < -0.3 is 4.90 Å². The first kappa shape index (κ1) is 13.1. The quantitative estimate of drug-likeness (QED) is 0.919. The smallest absolute Gasteiger partial charge is 0.323 e. The van der Waals surface area contributed by atoms with Crippen LogP contribution in [0, 0.1) is 6.92 Å². The van der Waals surface area contributed by atoms with Crippen molar-refractivity contribution >= 4 is 11.8 Å². The minimum absolute atomic E-state index is 0.165. The fourth-order valence-electron chi connectivity index (χ4n) is 1.76. The van der Waals surface area contributed by atoms with Gasteiger partial charge in [-0.05, 0) is 12.5 Å². The summed E-state index contributed by atoms with van der Waals surface area (Å²) < 4.78 is 1.73. The van der Waals surface area contributed by atoms with Gasteiger partial charge in [0.05, 0.1) is 0 Å². The van der Waals surface area contributed by atoms with Crippen molar-refractivity contribution in [2.75, 3.05) is 12.4 Å². The molecule has 19 heavy (non-hydrogen) atoms. The van der Waals surface area contributed by atoms with Crippen molar-refractivity contribution in [2.45, 2.75) is 13.5 Å². The van der Waals surface area contributed by atoms with Gasteiger partial charge in [-0.15, -0.1) is 0 Å². The number of amides is 2. The van der Waals surface area contributed by atoms with E-state index >= 15 is 0 Å². The lowest BCUT2D eigenvalue weighted by Crippen LogP contribution is -2.31. The van der Waals surface area contributed by atoms with Crippen LogP contribution in [0.3, 0.4) is 0 Å². The molecule has 0 fully saturated rings. The molecule has 0 saturated carbocycles. The molecule has 1 aromatic carbocycles. The maximum atomic E-state index is 12.0. The first-order valence-electron chi connectivity index (χ1n) is 6.13. The second-order valence-corrected chi connectivity index (χ2v) is 4.57. The van der Waals surface area contributed by atoms with Crippen LogP contribution in [0.1, 0.15) is 11.3 Å². The molecule has 2 rings (SSSR count). The molecule has 2 aromatic rings. The van der Waals surface area contributed by atoms with Crippen LogP contribution in [0.2, 0.25) is 0 Å². The largest absolute Gasteiger partial charge is 0.323 e. The van der Waals surface area contributed by atoms with Crippen LogP contribution in [-0.2, 0) is 13.6 Å². The Hall–Kier alpha value is -2.30. The molecule has 0 bridgehead atoms. The van der Waals surface area contributed by atoms with E-state index in [0.717, 1.165) is 11.3 Å². The third-order valence-corrected chi connectivity index (χ3v) is 2.96. The number of carbonyl (C=O) groups is 1. The third kappa shape index (κ3) is 3.34. The average Bonchev–Trinajstić information content (AvgIpc) is 2.69. The minimum Gasteiger partial charge on any atom is -0.323 e. The zero-order chi connectivity index (χ0) is 13.8. The second kappa shape index (κ2) is 5.56. The van der Waals surface area contributed by atoms with Crippen molar-refractivity contribution < 1.29 is 4.79 Å². The number of urea groups is 1. The van der Waals surface area contributed by atoms with Crippen molar-refractivity contribution in [3.63, 3.8) is 0 Å². The molecule has 2 amide bonds. The van der Waals surface area contributed by atoms with Crippen molar-refractivity contribution in [3.8, 4) is 0 Å². The van der Waals surface area contributed by atoms with Gasteiger partial charge in [-0.3, -0.25) is 10.00 Å². The van der Waals surface area contributed by atoms with Crippen LogP contribution in [0.15, 0.2) is 36.4 Å². The first-order chi connectivity index (χ1) is 9.06. The monoisotopic (exact) mass is 258 g/mol. The van der Waals surface area contributed by atoms with Crippen molar-refractivity contribution in [3.05, 3.63) is 47.7 Å². The molecule has 0 radical (unpaired) electrons. The number of anilines is 1. The predicted molar refractivity (Wildman–Crippen MR) is 74.9 cm³/mol. The Morgan fingerprint density at radius 1 is 1.37 bits per heavy atom. The number of benzene rings is 1. The van der Waals surface area contributed by atoms with Gasteiger partial charge in [-0.25, -0.2) is 4.79 Å². The number of nitrogens with zero attached hydrogens (tertiary/aromatic N) is 3. The summed E-state index contributed by atoms with van der Waals surface area (Å²) in [5.74, 6) is 0.574. The number of nitrogens with one attached hydrogen (secondary N) is 1. The molecule has 1 aromatic heterocycles.